The molecule has 4 atom stereocenters. The molecule has 3 N–H and O–H groups in total. The maximum atomic E-state index is 12.0. The summed E-state index contributed by atoms with van der Waals surface area (Å²) in [6.07, 6.45) is 4.13. The number of hydrogen-bond acceptors (Lipinski definition) is 3. The van der Waals surface area contributed by atoms with Crippen molar-refractivity contribution >= 4 is 11.9 Å². The summed E-state index contributed by atoms with van der Waals surface area (Å²) in [5, 5.41) is 21.2. The highest BCUT2D eigenvalue weighted by molar-refractivity contribution is 5.79. The number of amides is 1. The highest BCUT2D eigenvalue weighted by Crippen LogP contribution is 2.48. The maximum Gasteiger partial charge on any atom is 0.306 e. The third-order valence-corrected chi connectivity index (χ3v) is 4.25. The van der Waals surface area contributed by atoms with E-state index in [4.69, 9.17) is 5.11 Å². The number of carbonyl (C=O) groups excluding carboxylic acids is 1. The number of carboxylic acid groups (broad SMARTS) is 1. The number of aliphatic hydroxyl groups is 1. The third-order valence-electron chi connectivity index (χ3n) is 4.25. The maximum absolute atomic E-state index is 12.0. The first-order valence-electron chi connectivity index (χ1n) is 6.59. The van der Waals surface area contributed by atoms with Gasteiger partial charge in [0.05, 0.1) is 12.0 Å². The summed E-state index contributed by atoms with van der Waals surface area (Å²) >= 11 is 0. The Bertz CT molecular complexity index is 353. The SMILES string of the molecule is CC(O)(CNC(=O)C1CC2CCC1C2)CC(=O)O. The van der Waals surface area contributed by atoms with Crippen LogP contribution in [0, 0.1) is 17.8 Å². The van der Waals surface area contributed by atoms with Gasteiger partial charge >= 0.3 is 5.97 Å². The number of hydrogen-bond donors (Lipinski definition) is 3. The van der Waals surface area contributed by atoms with Crippen LogP contribution in [-0.2, 0) is 9.59 Å². The molecule has 0 aliphatic heterocycles. The minimum Gasteiger partial charge on any atom is -0.481 e. The van der Waals surface area contributed by atoms with E-state index >= 15 is 0 Å². The molecule has 18 heavy (non-hydrogen) atoms. The lowest BCUT2D eigenvalue weighted by Gasteiger charge is -2.25. The van der Waals surface area contributed by atoms with E-state index in [1.807, 2.05) is 0 Å². The zero-order valence-corrected chi connectivity index (χ0v) is 10.7. The zero-order chi connectivity index (χ0) is 13.3. The van der Waals surface area contributed by atoms with Crippen LogP contribution in [0.5, 0.6) is 0 Å². The highest BCUT2D eigenvalue weighted by atomic mass is 16.4. The van der Waals surface area contributed by atoms with Crippen molar-refractivity contribution in [3.63, 3.8) is 0 Å². The van der Waals surface area contributed by atoms with Crippen molar-refractivity contribution in [2.24, 2.45) is 17.8 Å². The van der Waals surface area contributed by atoms with Gasteiger partial charge in [0, 0.05) is 12.5 Å². The predicted molar refractivity (Wildman–Crippen MR) is 64.8 cm³/mol. The van der Waals surface area contributed by atoms with Gasteiger partial charge in [0.15, 0.2) is 0 Å². The standard InChI is InChI=1S/C13H21NO4/c1-13(18,6-11(15)16)7-14-12(17)10-5-8-2-3-9(10)4-8/h8-10,18H,2-7H2,1H3,(H,14,17)(H,15,16). The Hall–Kier alpha value is -1.10. The lowest BCUT2D eigenvalue weighted by molar-refractivity contribution is -0.142. The number of carbonyl (C=O) groups is 2. The normalized spacial score (nSPS) is 33.1. The van der Waals surface area contributed by atoms with Gasteiger partial charge in [-0.1, -0.05) is 6.42 Å². The smallest absolute Gasteiger partial charge is 0.306 e. The summed E-state index contributed by atoms with van der Waals surface area (Å²) in [6.45, 7) is 1.44. The van der Waals surface area contributed by atoms with Crippen LogP contribution in [0.15, 0.2) is 0 Å². The van der Waals surface area contributed by atoms with Crippen molar-refractivity contribution in [3.8, 4) is 0 Å². The van der Waals surface area contributed by atoms with E-state index in [1.54, 1.807) is 0 Å². The van der Waals surface area contributed by atoms with E-state index in [-0.39, 0.29) is 24.8 Å². The number of carboxylic acids is 1. The van der Waals surface area contributed by atoms with Crippen LogP contribution in [0.4, 0.5) is 0 Å². The van der Waals surface area contributed by atoms with Crippen LogP contribution in [0.2, 0.25) is 0 Å². The van der Waals surface area contributed by atoms with Crippen molar-refractivity contribution in [2.75, 3.05) is 6.54 Å². The summed E-state index contributed by atoms with van der Waals surface area (Å²) in [6, 6.07) is 0. The van der Waals surface area contributed by atoms with Gasteiger partial charge in [-0.05, 0) is 38.0 Å². The number of aliphatic carboxylic acids is 1. The minimum atomic E-state index is -1.38. The summed E-state index contributed by atoms with van der Waals surface area (Å²) in [7, 11) is 0. The molecule has 0 aromatic heterocycles. The topological polar surface area (TPSA) is 86.6 Å². The van der Waals surface area contributed by atoms with E-state index in [2.05, 4.69) is 5.32 Å². The summed E-state index contributed by atoms with van der Waals surface area (Å²) in [5.74, 6) is 0.191. The van der Waals surface area contributed by atoms with Crippen molar-refractivity contribution in [1.29, 1.82) is 0 Å². The first-order valence-corrected chi connectivity index (χ1v) is 6.59. The van der Waals surface area contributed by atoms with Crippen molar-refractivity contribution in [2.45, 2.75) is 44.6 Å². The van der Waals surface area contributed by atoms with Crippen molar-refractivity contribution < 1.29 is 19.8 Å². The van der Waals surface area contributed by atoms with Gasteiger partial charge in [0.2, 0.25) is 5.91 Å². The molecule has 4 unspecified atom stereocenters. The molecule has 2 aliphatic rings. The second-order valence-corrected chi connectivity index (χ2v) is 6.07. The third kappa shape index (κ3) is 3.02. The second kappa shape index (κ2) is 4.88. The first kappa shape index (κ1) is 13.3. The van der Waals surface area contributed by atoms with Crippen molar-refractivity contribution in [1.82, 2.24) is 5.32 Å². The molecule has 102 valence electrons. The molecular weight excluding hydrogens is 234 g/mol. The molecule has 1 amide bonds. The van der Waals surface area contributed by atoms with E-state index in [0.717, 1.165) is 19.3 Å². The Labute approximate surface area is 107 Å². The Morgan fingerprint density at radius 2 is 2.06 bits per heavy atom. The predicted octanol–water partition coefficient (Wildman–Crippen LogP) is 0.764. The van der Waals surface area contributed by atoms with E-state index in [0.29, 0.717) is 11.8 Å². The van der Waals surface area contributed by atoms with Gasteiger partial charge in [-0.3, -0.25) is 9.59 Å². The van der Waals surface area contributed by atoms with Crippen molar-refractivity contribution in [3.05, 3.63) is 0 Å². The average molecular weight is 255 g/mol. The Morgan fingerprint density at radius 1 is 1.33 bits per heavy atom. The highest BCUT2D eigenvalue weighted by Gasteiger charge is 2.43. The molecule has 2 rings (SSSR count). The lowest BCUT2D eigenvalue weighted by Crippen LogP contribution is -2.44. The van der Waals surface area contributed by atoms with Gasteiger partial charge in [-0.25, -0.2) is 0 Å². The quantitative estimate of drug-likeness (QED) is 0.677. The second-order valence-electron chi connectivity index (χ2n) is 6.07. The fourth-order valence-electron chi connectivity index (χ4n) is 3.36. The molecule has 2 saturated carbocycles. The van der Waals surface area contributed by atoms with Crippen LogP contribution < -0.4 is 5.32 Å². The number of nitrogens with one attached hydrogen (secondary N) is 1. The Morgan fingerprint density at radius 3 is 2.56 bits per heavy atom. The molecule has 0 heterocycles. The van der Waals surface area contributed by atoms with Gasteiger partial charge in [-0.2, -0.15) is 0 Å². The largest absolute Gasteiger partial charge is 0.481 e. The Balaban J connectivity index is 1.80. The molecule has 5 nitrogen and oxygen atoms in total. The average Bonchev–Trinajstić information content (AvgIpc) is 2.85. The van der Waals surface area contributed by atoms with E-state index in [1.165, 1.54) is 13.3 Å². The van der Waals surface area contributed by atoms with Crippen LogP contribution in [0.3, 0.4) is 0 Å². The van der Waals surface area contributed by atoms with Crippen LogP contribution >= 0.6 is 0 Å². The molecule has 2 fully saturated rings. The molecule has 5 heteroatoms. The fraction of sp³-hybridized carbons (Fsp3) is 0.846. The van der Waals surface area contributed by atoms with E-state index in [9.17, 15) is 14.7 Å². The number of rotatable bonds is 5. The summed E-state index contributed by atoms with van der Waals surface area (Å²) in [5.41, 5.74) is -1.38. The molecule has 2 aliphatic carbocycles. The molecule has 2 bridgehead atoms. The Kier molecular flexibility index (Phi) is 3.61. The zero-order valence-electron chi connectivity index (χ0n) is 10.7. The minimum absolute atomic E-state index is 0.00597. The fourth-order valence-corrected chi connectivity index (χ4v) is 3.36. The molecule has 0 aromatic rings. The molecule has 0 radical (unpaired) electrons. The molecule has 0 aromatic carbocycles. The molecule has 0 spiro atoms. The van der Waals surface area contributed by atoms with Gasteiger partial charge in [0.1, 0.15) is 0 Å². The summed E-state index contributed by atoms with van der Waals surface area (Å²) in [4.78, 5) is 22.5. The van der Waals surface area contributed by atoms with Gasteiger partial charge < -0.3 is 15.5 Å². The lowest BCUT2D eigenvalue weighted by atomic mass is 9.88. The molecular formula is C13H21NO4. The monoisotopic (exact) mass is 255 g/mol. The number of fused-ring (bicyclic) bond motifs is 2. The van der Waals surface area contributed by atoms with Crippen LogP contribution in [0.1, 0.15) is 39.0 Å². The van der Waals surface area contributed by atoms with Gasteiger partial charge in [0.25, 0.3) is 0 Å². The molecule has 0 saturated heterocycles. The van der Waals surface area contributed by atoms with Crippen LogP contribution in [0.25, 0.3) is 0 Å². The first-order chi connectivity index (χ1) is 8.37. The van der Waals surface area contributed by atoms with Gasteiger partial charge in [-0.15, -0.1) is 0 Å². The summed E-state index contributed by atoms with van der Waals surface area (Å²) < 4.78 is 0. The van der Waals surface area contributed by atoms with E-state index < -0.39 is 11.6 Å². The van der Waals surface area contributed by atoms with Crippen LogP contribution in [-0.4, -0.2) is 34.2 Å².